The quantitative estimate of drug-likeness (QED) is 0.638. The average Bonchev–Trinajstić information content (AvgIpc) is 1.80. The second kappa shape index (κ2) is 3.93. The maximum Gasteiger partial charge on any atom is 0.268 e. The van der Waals surface area contributed by atoms with Crippen LogP contribution < -0.4 is 0 Å². The maximum atomic E-state index is 10.5. The first-order chi connectivity index (χ1) is 4.52. The summed E-state index contributed by atoms with van der Waals surface area (Å²) in [4.78, 5) is 0. The van der Waals surface area contributed by atoms with Crippen LogP contribution in [0.15, 0.2) is 0 Å². The van der Waals surface area contributed by atoms with Crippen LogP contribution in [0.3, 0.4) is 0 Å². The fourth-order valence-electron chi connectivity index (χ4n) is 0.762. The van der Waals surface area contributed by atoms with Gasteiger partial charge in [0.05, 0.1) is 5.25 Å². The van der Waals surface area contributed by atoms with Gasteiger partial charge in [-0.3, -0.25) is 4.55 Å². The molecule has 0 heterocycles. The van der Waals surface area contributed by atoms with E-state index in [-0.39, 0.29) is 0 Å². The minimum Gasteiger partial charge on any atom is -0.285 e. The Morgan fingerprint density at radius 3 is 2.10 bits per heavy atom. The first kappa shape index (κ1) is 9.91. The van der Waals surface area contributed by atoms with E-state index in [0.717, 1.165) is 0 Å². The molecule has 1 N–H and O–H groups in total. The normalized spacial score (nSPS) is 15.1. The molecule has 0 spiro atoms. The van der Waals surface area contributed by atoms with E-state index in [9.17, 15) is 8.42 Å². The molecule has 0 aliphatic rings. The van der Waals surface area contributed by atoms with Gasteiger partial charge in [0.15, 0.2) is 0 Å². The summed E-state index contributed by atoms with van der Waals surface area (Å²) in [5.41, 5.74) is 0. The number of hydrogen-bond donors (Lipinski definition) is 1. The van der Waals surface area contributed by atoms with Gasteiger partial charge in [-0.15, -0.1) is 0 Å². The Hall–Kier alpha value is -0.0900. The lowest BCUT2D eigenvalue weighted by Gasteiger charge is -2.07. The van der Waals surface area contributed by atoms with E-state index in [1.807, 2.05) is 6.92 Å². The maximum absolute atomic E-state index is 10.5. The molecule has 0 saturated heterocycles. The Bertz CT molecular complexity index is 171. The van der Waals surface area contributed by atoms with Crippen LogP contribution >= 0.6 is 0 Å². The molecule has 0 rings (SSSR count). The molecular weight excluding hydrogens is 152 g/mol. The van der Waals surface area contributed by atoms with Crippen LogP contribution in [0.1, 0.15) is 26.7 Å². The first-order valence-electron chi connectivity index (χ1n) is 3.32. The van der Waals surface area contributed by atoms with Gasteiger partial charge in [-0.1, -0.05) is 20.3 Å². The highest BCUT2D eigenvalue weighted by molar-refractivity contribution is 7.86. The van der Waals surface area contributed by atoms with E-state index in [1.165, 1.54) is 0 Å². The molecule has 3 nitrogen and oxygen atoms in total. The summed E-state index contributed by atoms with van der Waals surface area (Å²) in [5.74, 6) is 0. The van der Waals surface area contributed by atoms with Gasteiger partial charge < -0.3 is 0 Å². The second-order valence-electron chi connectivity index (χ2n) is 2.11. The van der Waals surface area contributed by atoms with E-state index < -0.39 is 15.4 Å². The van der Waals surface area contributed by atoms with Crippen molar-refractivity contribution in [1.82, 2.24) is 0 Å². The fraction of sp³-hybridized carbons (Fsp3) is 0.833. The minimum atomic E-state index is -3.83. The van der Waals surface area contributed by atoms with Gasteiger partial charge >= 0.3 is 0 Å². The lowest BCUT2D eigenvalue weighted by atomic mass is 10.2. The molecule has 0 aliphatic carbocycles. The van der Waals surface area contributed by atoms with Gasteiger partial charge in [0.1, 0.15) is 0 Å². The van der Waals surface area contributed by atoms with E-state index in [2.05, 4.69) is 0 Å². The van der Waals surface area contributed by atoms with Crippen molar-refractivity contribution in [3.05, 3.63) is 6.42 Å². The zero-order valence-corrected chi connectivity index (χ0v) is 7.06. The van der Waals surface area contributed by atoms with Crippen molar-refractivity contribution < 1.29 is 13.0 Å². The highest BCUT2D eigenvalue weighted by Gasteiger charge is 2.19. The highest BCUT2D eigenvalue weighted by Crippen LogP contribution is 2.08. The molecule has 10 heavy (non-hydrogen) atoms. The Labute approximate surface area is 62.2 Å². The van der Waals surface area contributed by atoms with Gasteiger partial charge in [0, 0.05) is 0 Å². The molecule has 1 atom stereocenters. The minimum absolute atomic E-state index is 0.437. The molecule has 1 unspecified atom stereocenters. The molecular formula is C6H13O3S. The van der Waals surface area contributed by atoms with Gasteiger partial charge in [0.25, 0.3) is 10.1 Å². The molecule has 0 aromatic rings. The molecule has 4 heteroatoms. The highest BCUT2D eigenvalue weighted by atomic mass is 32.2. The van der Waals surface area contributed by atoms with Crippen molar-refractivity contribution in [2.45, 2.75) is 31.9 Å². The number of rotatable bonds is 4. The van der Waals surface area contributed by atoms with Crippen LogP contribution in [0.2, 0.25) is 0 Å². The molecule has 0 bridgehead atoms. The van der Waals surface area contributed by atoms with E-state index in [1.54, 1.807) is 13.3 Å². The van der Waals surface area contributed by atoms with E-state index >= 15 is 0 Å². The SMILES string of the molecule is CC[CH]C(CC)S(=O)(=O)O. The van der Waals surface area contributed by atoms with Crippen LogP contribution in [0.4, 0.5) is 0 Å². The van der Waals surface area contributed by atoms with Crippen molar-refractivity contribution in [1.29, 1.82) is 0 Å². The number of hydrogen-bond acceptors (Lipinski definition) is 2. The van der Waals surface area contributed by atoms with Gasteiger partial charge in [-0.2, -0.15) is 8.42 Å². The van der Waals surface area contributed by atoms with Crippen molar-refractivity contribution in [2.24, 2.45) is 0 Å². The van der Waals surface area contributed by atoms with Gasteiger partial charge in [0.2, 0.25) is 0 Å². The third-order valence-corrected chi connectivity index (χ3v) is 2.57. The Morgan fingerprint density at radius 1 is 1.50 bits per heavy atom. The first-order valence-corrected chi connectivity index (χ1v) is 4.82. The smallest absolute Gasteiger partial charge is 0.268 e. The predicted molar refractivity (Wildman–Crippen MR) is 40.2 cm³/mol. The summed E-state index contributed by atoms with van der Waals surface area (Å²) in [5, 5.41) is -0.683. The third-order valence-electron chi connectivity index (χ3n) is 1.28. The van der Waals surface area contributed by atoms with E-state index in [0.29, 0.717) is 12.8 Å². The lowest BCUT2D eigenvalue weighted by Crippen LogP contribution is -2.19. The monoisotopic (exact) mass is 165 g/mol. The second-order valence-corrected chi connectivity index (χ2v) is 3.74. The van der Waals surface area contributed by atoms with Crippen LogP contribution in [0, 0.1) is 6.42 Å². The fourth-order valence-corrected chi connectivity index (χ4v) is 1.62. The predicted octanol–water partition coefficient (Wildman–Crippen LogP) is 1.27. The Kier molecular flexibility index (Phi) is 3.89. The molecule has 0 saturated carbocycles. The van der Waals surface area contributed by atoms with Crippen LogP contribution in [0.25, 0.3) is 0 Å². The van der Waals surface area contributed by atoms with Crippen LogP contribution in [-0.2, 0) is 10.1 Å². The summed E-state index contributed by atoms with van der Waals surface area (Å²) in [6.07, 6.45) is 2.69. The summed E-state index contributed by atoms with van der Waals surface area (Å²) in [7, 11) is -3.83. The van der Waals surface area contributed by atoms with Gasteiger partial charge in [-0.25, -0.2) is 0 Å². The van der Waals surface area contributed by atoms with Crippen LogP contribution in [0.5, 0.6) is 0 Å². The van der Waals surface area contributed by atoms with Crippen molar-refractivity contribution >= 4 is 10.1 Å². The zero-order valence-electron chi connectivity index (χ0n) is 6.24. The summed E-state index contributed by atoms with van der Waals surface area (Å²) in [6, 6.07) is 0. The molecule has 1 radical (unpaired) electrons. The standard InChI is InChI=1S/C6H13O3S/c1-3-5-6(4-2)10(7,8)9/h5-6H,3-4H2,1-2H3,(H,7,8,9). The largest absolute Gasteiger partial charge is 0.285 e. The van der Waals surface area contributed by atoms with Crippen molar-refractivity contribution in [3.63, 3.8) is 0 Å². The molecule has 0 fully saturated rings. The van der Waals surface area contributed by atoms with Crippen molar-refractivity contribution in [3.8, 4) is 0 Å². The average molecular weight is 165 g/mol. The topological polar surface area (TPSA) is 54.4 Å². The Balaban J connectivity index is 4.08. The summed E-state index contributed by atoms with van der Waals surface area (Å²) >= 11 is 0. The summed E-state index contributed by atoms with van der Waals surface area (Å²) in [6.45, 7) is 3.57. The third kappa shape index (κ3) is 3.17. The molecule has 61 valence electrons. The Morgan fingerprint density at radius 2 is 2.00 bits per heavy atom. The van der Waals surface area contributed by atoms with E-state index in [4.69, 9.17) is 4.55 Å². The zero-order chi connectivity index (χ0) is 8.20. The lowest BCUT2D eigenvalue weighted by molar-refractivity contribution is 0.469. The molecule has 0 aliphatic heterocycles. The van der Waals surface area contributed by atoms with Crippen LogP contribution in [-0.4, -0.2) is 18.2 Å². The van der Waals surface area contributed by atoms with Gasteiger partial charge in [-0.05, 0) is 12.8 Å². The van der Waals surface area contributed by atoms with Crippen molar-refractivity contribution in [2.75, 3.05) is 0 Å². The molecule has 0 aromatic carbocycles. The molecule has 0 aromatic heterocycles. The molecule has 0 amide bonds. The summed E-state index contributed by atoms with van der Waals surface area (Å²) < 4.78 is 29.5.